The van der Waals surface area contributed by atoms with Crippen LogP contribution >= 0.6 is 0 Å². The fourth-order valence-corrected chi connectivity index (χ4v) is 8.43. The van der Waals surface area contributed by atoms with Gasteiger partial charge in [-0.3, -0.25) is 14.6 Å². The summed E-state index contributed by atoms with van der Waals surface area (Å²) in [5.41, 5.74) is 1.75. The van der Waals surface area contributed by atoms with E-state index in [1.807, 2.05) is 0 Å². The van der Waals surface area contributed by atoms with E-state index in [-0.39, 0.29) is 0 Å². The molecule has 0 aromatic carbocycles. The molecule has 0 aromatic rings. The first-order chi connectivity index (χ1) is 17.2. The molecule has 4 heterocycles. The molecule has 3 nitrogen and oxygen atoms in total. The van der Waals surface area contributed by atoms with Gasteiger partial charge in [-0.15, -0.1) is 0 Å². The zero-order chi connectivity index (χ0) is 24.0. The Morgan fingerprint density at radius 1 is 0.829 bits per heavy atom. The Balaban J connectivity index is 1.45. The molecule has 4 aliphatic heterocycles. The first-order valence-corrected chi connectivity index (χ1v) is 15.5. The molecule has 0 amide bonds. The Morgan fingerprint density at radius 3 is 2.57 bits per heavy atom. The van der Waals surface area contributed by atoms with Crippen LogP contribution in [0.15, 0.2) is 23.8 Å². The van der Waals surface area contributed by atoms with E-state index < -0.39 is 0 Å². The number of fused-ring (bicyclic) bond motifs is 1. The van der Waals surface area contributed by atoms with Crippen LogP contribution in [0, 0.1) is 29.6 Å². The number of hydrogen-bond donors (Lipinski definition) is 0. The van der Waals surface area contributed by atoms with Crippen molar-refractivity contribution in [1.82, 2.24) is 9.80 Å². The standard InChI is InChI=1S/C32H52N2O/c1-25-16-19-34-20-17-31(35)29-15-11-7-6-9-13-26-21-28-24-33(23-26)18-12-8-4-2-3-5-10-14-27(28)22-30(25)32(29)34/h2,4,21,25,27-30,32H,3,5-20,22-24H2,1H3/b4-2-/t25-,27?,28?,29+,30+,32-/m0/s1. The summed E-state index contributed by atoms with van der Waals surface area (Å²) in [5.74, 6) is 3.88. The summed E-state index contributed by atoms with van der Waals surface area (Å²) in [5, 5.41) is 0. The normalized spacial score (nSPS) is 41.3. The van der Waals surface area contributed by atoms with Gasteiger partial charge in [-0.1, -0.05) is 56.4 Å². The van der Waals surface area contributed by atoms with Crippen molar-refractivity contribution < 1.29 is 4.79 Å². The molecule has 0 aromatic heterocycles. The Hall–Kier alpha value is -0.930. The van der Waals surface area contributed by atoms with Gasteiger partial charge in [0.2, 0.25) is 0 Å². The van der Waals surface area contributed by atoms with Crippen LogP contribution in [0.25, 0.3) is 0 Å². The van der Waals surface area contributed by atoms with E-state index in [4.69, 9.17) is 0 Å². The SMILES string of the molecule is C[C@H]1CCN2CCC(=O)[C@H]3CCCCCCC4=CC5CN(CCC/C=C\CCCCC5C[C@H]1[C@H]32)C4. The summed E-state index contributed by atoms with van der Waals surface area (Å²) in [7, 11) is 0. The van der Waals surface area contributed by atoms with Gasteiger partial charge in [0, 0.05) is 38.0 Å². The fraction of sp³-hybridized carbons (Fsp3) is 0.844. The Bertz CT molecular complexity index is 757. The van der Waals surface area contributed by atoms with E-state index in [2.05, 4.69) is 35.0 Å². The lowest BCUT2D eigenvalue weighted by atomic mass is 9.65. The first-order valence-electron chi connectivity index (χ1n) is 15.5. The number of piperidine rings is 2. The number of allylic oxidation sites excluding steroid dienone is 2. The highest BCUT2D eigenvalue weighted by atomic mass is 16.1. The van der Waals surface area contributed by atoms with Crippen molar-refractivity contribution in [3.63, 3.8) is 0 Å². The topological polar surface area (TPSA) is 23.6 Å². The van der Waals surface area contributed by atoms with Crippen molar-refractivity contribution in [3.05, 3.63) is 23.8 Å². The van der Waals surface area contributed by atoms with Crippen molar-refractivity contribution in [2.24, 2.45) is 29.6 Å². The second-order valence-electron chi connectivity index (χ2n) is 12.8. The van der Waals surface area contributed by atoms with E-state index in [0.717, 1.165) is 37.1 Å². The van der Waals surface area contributed by atoms with E-state index in [1.54, 1.807) is 5.57 Å². The van der Waals surface area contributed by atoms with Crippen molar-refractivity contribution in [2.45, 2.75) is 109 Å². The van der Waals surface area contributed by atoms with Crippen molar-refractivity contribution in [2.75, 3.05) is 32.7 Å². The molecular formula is C32H52N2O. The van der Waals surface area contributed by atoms with Crippen LogP contribution in [0.1, 0.15) is 103 Å². The van der Waals surface area contributed by atoms with Crippen LogP contribution in [-0.4, -0.2) is 54.3 Å². The van der Waals surface area contributed by atoms with Gasteiger partial charge in [0.15, 0.2) is 0 Å². The van der Waals surface area contributed by atoms with Crippen molar-refractivity contribution in [3.8, 4) is 0 Å². The monoisotopic (exact) mass is 480 g/mol. The van der Waals surface area contributed by atoms with Crippen LogP contribution in [0.4, 0.5) is 0 Å². The van der Waals surface area contributed by atoms with Crippen LogP contribution in [-0.2, 0) is 4.79 Å². The number of rotatable bonds is 0. The molecule has 5 aliphatic rings. The van der Waals surface area contributed by atoms with E-state index >= 15 is 0 Å². The first kappa shape index (κ1) is 25.7. The van der Waals surface area contributed by atoms with E-state index in [1.165, 1.54) is 110 Å². The minimum Gasteiger partial charge on any atom is -0.299 e. The van der Waals surface area contributed by atoms with Gasteiger partial charge in [-0.2, -0.15) is 0 Å². The van der Waals surface area contributed by atoms with Crippen molar-refractivity contribution in [1.29, 1.82) is 0 Å². The van der Waals surface area contributed by atoms with Crippen LogP contribution in [0.2, 0.25) is 0 Å². The van der Waals surface area contributed by atoms with Crippen LogP contribution in [0.3, 0.4) is 0 Å². The number of ketones is 1. The summed E-state index contributed by atoms with van der Waals surface area (Å²) in [6, 6.07) is 0.526. The van der Waals surface area contributed by atoms with E-state index in [9.17, 15) is 4.79 Å². The number of hydrogen-bond acceptors (Lipinski definition) is 3. The molecule has 35 heavy (non-hydrogen) atoms. The predicted octanol–water partition coefficient (Wildman–Crippen LogP) is 7.03. The molecule has 3 bridgehead atoms. The largest absolute Gasteiger partial charge is 0.299 e. The molecule has 2 saturated heterocycles. The highest BCUT2D eigenvalue weighted by Gasteiger charge is 2.46. The summed E-state index contributed by atoms with van der Waals surface area (Å²) in [6.07, 6.45) is 26.8. The molecule has 196 valence electrons. The molecule has 3 heteroatoms. The number of nitrogens with zero attached hydrogens (tertiary/aromatic N) is 2. The van der Waals surface area contributed by atoms with E-state index in [0.29, 0.717) is 23.7 Å². The molecular weight excluding hydrogens is 428 g/mol. The van der Waals surface area contributed by atoms with Gasteiger partial charge in [0.1, 0.15) is 5.78 Å². The lowest BCUT2D eigenvalue weighted by Gasteiger charge is -2.52. The average Bonchev–Trinajstić information content (AvgIpc) is 2.86. The summed E-state index contributed by atoms with van der Waals surface area (Å²) >= 11 is 0. The lowest BCUT2D eigenvalue weighted by Crippen LogP contribution is -2.58. The Kier molecular flexibility index (Phi) is 9.21. The van der Waals surface area contributed by atoms with Gasteiger partial charge in [-0.25, -0.2) is 0 Å². The Morgan fingerprint density at radius 2 is 1.66 bits per heavy atom. The quantitative estimate of drug-likeness (QED) is 0.348. The smallest absolute Gasteiger partial charge is 0.138 e. The second kappa shape index (κ2) is 12.5. The van der Waals surface area contributed by atoms with Crippen LogP contribution in [0.5, 0.6) is 0 Å². The van der Waals surface area contributed by atoms with Gasteiger partial charge >= 0.3 is 0 Å². The minimum atomic E-state index is 0.313. The summed E-state index contributed by atoms with van der Waals surface area (Å²) < 4.78 is 0. The molecule has 1 aliphatic carbocycles. The number of Topliss-reactive ketones (excluding diaryl/α,β-unsaturated/α-hetero) is 1. The average molecular weight is 481 g/mol. The molecule has 7 atom stereocenters. The molecule has 0 N–H and O–H groups in total. The molecule has 0 saturated carbocycles. The molecule has 3 unspecified atom stereocenters. The number of carbonyl (C=O) groups is 1. The zero-order valence-corrected chi connectivity index (χ0v) is 22.6. The van der Waals surface area contributed by atoms with Gasteiger partial charge in [0.05, 0.1) is 0 Å². The summed E-state index contributed by atoms with van der Waals surface area (Å²) in [4.78, 5) is 18.9. The van der Waals surface area contributed by atoms with Gasteiger partial charge in [0.25, 0.3) is 0 Å². The zero-order valence-electron chi connectivity index (χ0n) is 22.6. The number of carbonyl (C=O) groups excluding carboxylic acids is 1. The summed E-state index contributed by atoms with van der Waals surface area (Å²) in [6.45, 7) is 8.54. The Labute approximate surface area is 215 Å². The molecule has 5 rings (SSSR count). The highest BCUT2D eigenvalue weighted by molar-refractivity contribution is 5.82. The third-order valence-electron chi connectivity index (χ3n) is 10.4. The molecule has 2 fully saturated rings. The third kappa shape index (κ3) is 6.50. The third-order valence-corrected chi connectivity index (χ3v) is 10.4. The van der Waals surface area contributed by atoms with Crippen molar-refractivity contribution >= 4 is 5.78 Å². The maximum Gasteiger partial charge on any atom is 0.138 e. The second-order valence-corrected chi connectivity index (χ2v) is 12.8. The maximum absolute atomic E-state index is 13.3. The lowest BCUT2D eigenvalue weighted by molar-refractivity contribution is -0.134. The van der Waals surface area contributed by atoms with Gasteiger partial charge < -0.3 is 0 Å². The maximum atomic E-state index is 13.3. The minimum absolute atomic E-state index is 0.313. The fourth-order valence-electron chi connectivity index (χ4n) is 8.43. The molecule has 0 radical (unpaired) electrons. The van der Waals surface area contributed by atoms with Crippen LogP contribution < -0.4 is 0 Å². The molecule has 0 spiro atoms. The predicted molar refractivity (Wildman–Crippen MR) is 146 cm³/mol. The van der Waals surface area contributed by atoms with Gasteiger partial charge in [-0.05, 0) is 101 Å². The highest BCUT2D eigenvalue weighted by Crippen LogP contribution is 2.44.